The molecule has 2 aromatic rings. The third-order valence-corrected chi connectivity index (χ3v) is 4.16. The van der Waals surface area contributed by atoms with Crippen molar-refractivity contribution in [2.75, 3.05) is 56.6 Å². The van der Waals surface area contributed by atoms with Gasteiger partial charge in [0, 0.05) is 38.8 Å². The molecule has 7 heteroatoms. The van der Waals surface area contributed by atoms with Crippen molar-refractivity contribution in [2.45, 2.75) is 6.42 Å². The van der Waals surface area contributed by atoms with Crippen LogP contribution in [0.4, 0.5) is 11.6 Å². The molecule has 7 nitrogen and oxygen atoms in total. The van der Waals surface area contributed by atoms with E-state index in [-0.39, 0.29) is 0 Å². The lowest BCUT2D eigenvalue weighted by atomic mass is 10.1. The fourth-order valence-electron chi connectivity index (χ4n) is 2.72. The number of hydrogen-bond donors (Lipinski definition) is 3. The van der Waals surface area contributed by atoms with Crippen LogP contribution in [0.5, 0.6) is 5.75 Å². The molecule has 1 aliphatic heterocycles. The molecule has 25 heavy (non-hydrogen) atoms. The summed E-state index contributed by atoms with van der Waals surface area (Å²) in [6.07, 6.45) is 2.43. The number of ether oxygens (including phenoxy) is 1. The average Bonchev–Trinajstić information content (AvgIpc) is 2.65. The minimum Gasteiger partial charge on any atom is -0.508 e. The largest absolute Gasteiger partial charge is 0.508 e. The number of nitrogens with zero attached hydrogens (tertiary/aromatic N) is 3. The van der Waals surface area contributed by atoms with Gasteiger partial charge in [0.15, 0.2) is 0 Å². The van der Waals surface area contributed by atoms with Crippen LogP contribution in [0, 0.1) is 0 Å². The Hall–Kier alpha value is -2.38. The summed E-state index contributed by atoms with van der Waals surface area (Å²) in [6.45, 7) is 6.24. The van der Waals surface area contributed by atoms with Crippen molar-refractivity contribution >= 4 is 11.6 Å². The second-order valence-electron chi connectivity index (χ2n) is 6.01. The lowest BCUT2D eigenvalue weighted by molar-refractivity contribution is 0.0398. The normalized spacial score (nSPS) is 15.0. The summed E-state index contributed by atoms with van der Waals surface area (Å²) >= 11 is 0. The van der Waals surface area contributed by atoms with Gasteiger partial charge in [-0.25, -0.2) is 9.97 Å². The van der Waals surface area contributed by atoms with Crippen LogP contribution in [0.3, 0.4) is 0 Å². The maximum atomic E-state index is 9.30. The van der Waals surface area contributed by atoms with Gasteiger partial charge in [-0.2, -0.15) is 0 Å². The molecule has 2 heterocycles. The first kappa shape index (κ1) is 17.4. The van der Waals surface area contributed by atoms with E-state index in [1.54, 1.807) is 18.5 Å². The van der Waals surface area contributed by atoms with Crippen molar-refractivity contribution in [3.05, 3.63) is 42.2 Å². The Bertz CT molecular complexity index is 644. The highest BCUT2D eigenvalue weighted by Crippen LogP contribution is 2.11. The topological polar surface area (TPSA) is 82.5 Å². The second kappa shape index (κ2) is 9.19. The molecule has 0 spiro atoms. The van der Waals surface area contributed by atoms with E-state index in [9.17, 15) is 5.11 Å². The van der Waals surface area contributed by atoms with E-state index < -0.39 is 0 Å². The summed E-state index contributed by atoms with van der Waals surface area (Å²) in [5.74, 6) is 1.93. The minimum atomic E-state index is 0.292. The minimum absolute atomic E-state index is 0.292. The fraction of sp³-hybridized carbons (Fsp3) is 0.444. The third kappa shape index (κ3) is 5.88. The fourth-order valence-corrected chi connectivity index (χ4v) is 2.72. The number of aromatic hydroxyl groups is 1. The first-order valence-electron chi connectivity index (χ1n) is 8.67. The van der Waals surface area contributed by atoms with Gasteiger partial charge < -0.3 is 20.5 Å². The Morgan fingerprint density at radius 2 is 1.68 bits per heavy atom. The molecule has 1 aromatic heterocycles. The number of benzene rings is 1. The zero-order valence-electron chi connectivity index (χ0n) is 14.3. The molecule has 134 valence electrons. The number of hydrogen-bond acceptors (Lipinski definition) is 7. The summed E-state index contributed by atoms with van der Waals surface area (Å²) in [5.41, 5.74) is 1.17. The molecule has 1 saturated heterocycles. The van der Waals surface area contributed by atoms with Crippen LogP contribution in [0.25, 0.3) is 0 Å². The summed E-state index contributed by atoms with van der Waals surface area (Å²) in [6, 6.07) is 9.19. The van der Waals surface area contributed by atoms with E-state index in [0.29, 0.717) is 5.75 Å². The van der Waals surface area contributed by atoms with Crippen molar-refractivity contribution in [1.29, 1.82) is 0 Å². The van der Waals surface area contributed by atoms with Gasteiger partial charge in [-0.3, -0.25) is 4.90 Å². The first-order chi connectivity index (χ1) is 12.3. The van der Waals surface area contributed by atoms with Crippen LogP contribution < -0.4 is 10.6 Å². The van der Waals surface area contributed by atoms with E-state index in [1.165, 1.54) is 5.56 Å². The monoisotopic (exact) mass is 343 g/mol. The van der Waals surface area contributed by atoms with Crippen molar-refractivity contribution in [2.24, 2.45) is 0 Å². The molecule has 3 rings (SSSR count). The SMILES string of the molecule is Oc1ccc(CCNc2cc(NCCN3CCOCC3)ncn2)cc1. The van der Waals surface area contributed by atoms with E-state index in [0.717, 1.165) is 64.0 Å². The number of anilines is 2. The van der Waals surface area contributed by atoms with Crippen molar-refractivity contribution in [1.82, 2.24) is 14.9 Å². The Morgan fingerprint density at radius 1 is 1.00 bits per heavy atom. The number of phenolic OH excluding ortho intramolecular Hbond substituents is 1. The van der Waals surface area contributed by atoms with Gasteiger partial charge >= 0.3 is 0 Å². The van der Waals surface area contributed by atoms with Crippen molar-refractivity contribution in [3.63, 3.8) is 0 Å². The van der Waals surface area contributed by atoms with Crippen LogP contribution in [0.15, 0.2) is 36.7 Å². The molecule has 1 aliphatic rings. The smallest absolute Gasteiger partial charge is 0.131 e. The van der Waals surface area contributed by atoms with E-state index >= 15 is 0 Å². The molecule has 0 atom stereocenters. The van der Waals surface area contributed by atoms with Gasteiger partial charge in [0.05, 0.1) is 13.2 Å². The van der Waals surface area contributed by atoms with E-state index in [2.05, 4.69) is 25.5 Å². The number of rotatable bonds is 8. The molecule has 1 fully saturated rings. The van der Waals surface area contributed by atoms with Crippen LogP contribution in [0.2, 0.25) is 0 Å². The highest BCUT2D eigenvalue weighted by atomic mass is 16.5. The van der Waals surface area contributed by atoms with Gasteiger partial charge in [-0.1, -0.05) is 12.1 Å². The van der Waals surface area contributed by atoms with Gasteiger partial charge in [0.25, 0.3) is 0 Å². The van der Waals surface area contributed by atoms with Crippen LogP contribution in [-0.4, -0.2) is 65.9 Å². The third-order valence-electron chi connectivity index (χ3n) is 4.16. The average molecular weight is 343 g/mol. The number of aromatic nitrogens is 2. The highest BCUT2D eigenvalue weighted by Gasteiger charge is 2.09. The van der Waals surface area contributed by atoms with Crippen LogP contribution >= 0.6 is 0 Å². The zero-order chi connectivity index (χ0) is 17.3. The van der Waals surface area contributed by atoms with E-state index in [4.69, 9.17) is 4.74 Å². The molecule has 0 bridgehead atoms. The molecule has 0 aliphatic carbocycles. The standard InChI is InChI=1S/C18H25N5O2/c24-16-3-1-15(2-4-16)5-6-19-17-13-18(22-14-21-17)20-7-8-23-9-11-25-12-10-23/h1-4,13-14,24H,5-12H2,(H2,19,20,21,22). The second-order valence-corrected chi connectivity index (χ2v) is 6.01. The van der Waals surface area contributed by atoms with Gasteiger partial charge in [0.1, 0.15) is 23.7 Å². The quantitative estimate of drug-likeness (QED) is 0.671. The number of nitrogens with one attached hydrogen (secondary N) is 2. The molecule has 0 saturated carbocycles. The molecule has 3 N–H and O–H groups in total. The van der Waals surface area contributed by atoms with Gasteiger partial charge in [-0.05, 0) is 24.1 Å². The predicted octanol–water partition coefficient (Wildman–Crippen LogP) is 1.58. The predicted molar refractivity (Wildman–Crippen MR) is 98.1 cm³/mol. The van der Waals surface area contributed by atoms with Crippen LogP contribution in [0.1, 0.15) is 5.56 Å². The Morgan fingerprint density at radius 3 is 2.40 bits per heavy atom. The molecule has 0 amide bonds. The summed E-state index contributed by atoms with van der Waals surface area (Å²) < 4.78 is 5.35. The molecule has 0 unspecified atom stereocenters. The maximum Gasteiger partial charge on any atom is 0.131 e. The van der Waals surface area contributed by atoms with Gasteiger partial charge in [0.2, 0.25) is 0 Å². The zero-order valence-corrected chi connectivity index (χ0v) is 14.3. The molecular formula is C18H25N5O2. The summed E-state index contributed by atoms with van der Waals surface area (Å²) in [7, 11) is 0. The maximum absolute atomic E-state index is 9.30. The first-order valence-corrected chi connectivity index (χ1v) is 8.67. The molecule has 0 radical (unpaired) electrons. The van der Waals surface area contributed by atoms with E-state index in [1.807, 2.05) is 18.2 Å². The Labute approximate surface area is 148 Å². The summed E-state index contributed by atoms with van der Waals surface area (Å²) in [4.78, 5) is 10.9. The van der Waals surface area contributed by atoms with Crippen LogP contribution in [-0.2, 0) is 11.2 Å². The molecule has 1 aromatic carbocycles. The summed E-state index contributed by atoms with van der Waals surface area (Å²) in [5, 5.41) is 15.9. The van der Waals surface area contributed by atoms with Gasteiger partial charge in [-0.15, -0.1) is 0 Å². The Kier molecular flexibility index (Phi) is 6.42. The lowest BCUT2D eigenvalue weighted by Gasteiger charge is -2.26. The molecular weight excluding hydrogens is 318 g/mol. The van der Waals surface area contributed by atoms with Crippen molar-refractivity contribution in [3.8, 4) is 5.75 Å². The van der Waals surface area contributed by atoms with Crippen molar-refractivity contribution < 1.29 is 9.84 Å². The lowest BCUT2D eigenvalue weighted by Crippen LogP contribution is -2.39. The highest BCUT2D eigenvalue weighted by molar-refractivity contribution is 5.46. The Balaban J connectivity index is 1.40. The number of phenols is 1. The number of morpholine rings is 1.